The summed E-state index contributed by atoms with van der Waals surface area (Å²) in [6.07, 6.45) is 1.81. The van der Waals surface area contributed by atoms with E-state index >= 15 is 0 Å². The molecule has 0 fully saturated rings. The summed E-state index contributed by atoms with van der Waals surface area (Å²) in [6, 6.07) is 15.5. The molecule has 5 nitrogen and oxygen atoms in total. The van der Waals surface area contributed by atoms with Crippen molar-refractivity contribution in [3.05, 3.63) is 60.3 Å². The van der Waals surface area contributed by atoms with Gasteiger partial charge in [0.2, 0.25) is 0 Å². The van der Waals surface area contributed by atoms with Crippen molar-refractivity contribution in [2.45, 2.75) is 6.92 Å². The number of anilines is 1. The maximum absolute atomic E-state index is 6.00. The van der Waals surface area contributed by atoms with E-state index in [0.717, 1.165) is 27.7 Å². The Morgan fingerprint density at radius 2 is 1.77 bits per heavy atom. The summed E-state index contributed by atoms with van der Waals surface area (Å²) in [5.41, 5.74) is 8.59. The van der Waals surface area contributed by atoms with Gasteiger partial charge in [-0.05, 0) is 40.5 Å². The molecule has 3 rings (SSSR count). The standard InChI is InChI=1S/C17H16N4O/c1-12-9-10-21(22-2)17(11-12)20-19-16-8-7-15(18)13-5-3-4-6-14(13)16/h3-11,18H,1-2H3/p+1. The number of hydrogen-bond donors (Lipinski definition) is 1. The highest BCUT2D eigenvalue weighted by Gasteiger charge is 2.11. The SMILES string of the molecule is CO[n+]1ccc(C)cc1N=Nc1ccc(N)c2ccccc12. The summed E-state index contributed by atoms with van der Waals surface area (Å²) in [5.74, 6) is 0.628. The average Bonchev–Trinajstić information content (AvgIpc) is 2.55. The molecule has 0 radical (unpaired) electrons. The van der Waals surface area contributed by atoms with Gasteiger partial charge in [0.1, 0.15) is 19.0 Å². The van der Waals surface area contributed by atoms with Gasteiger partial charge in [-0.2, -0.15) is 0 Å². The van der Waals surface area contributed by atoms with Crippen LogP contribution >= 0.6 is 0 Å². The van der Waals surface area contributed by atoms with Crippen molar-refractivity contribution in [3.8, 4) is 0 Å². The molecule has 2 N–H and O–H groups in total. The van der Waals surface area contributed by atoms with E-state index in [-0.39, 0.29) is 0 Å². The van der Waals surface area contributed by atoms with E-state index in [1.165, 1.54) is 0 Å². The van der Waals surface area contributed by atoms with Gasteiger partial charge < -0.3 is 10.6 Å². The van der Waals surface area contributed by atoms with Gasteiger partial charge >= 0.3 is 5.82 Å². The monoisotopic (exact) mass is 293 g/mol. The second kappa shape index (κ2) is 5.81. The number of hydrogen-bond acceptors (Lipinski definition) is 4. The summed E-state index contributed by atoms with van der Waals surface area (Å²) < 4.78 is 1.57. The van der Waals surface area contributed by atoms with Crippen molar-refractivity contribution in [3.63, 3.8) is 0 Å². The first kappa shape index (κ1) is 14.0. The Balaban J connectivity index is 2.07. The molecule has 0 spiro atoms. The summed E-state index contributed by atoms with van der Waals surface area (Å²) in [6.45, 7) is 2.00. The van der Waals surface area contributed by atoms with Crippen LogP contribution < -0.4 is 15.3 Å². The van der Waals surface area contributed by atoms with Gasteiger partial charge in [-0.15, -0.1) is 0 Å². The largest absolute Gasteiger partial charge is 0.398 e. The van der Waals surface area contributed by atoms with E-state index in [1.54, 1.807) is 11.8 Å². The first-order chi connectivity index (χ1) is 10.7. The lowest BCUT2D eigenvalue weighted by molar-refractivity contribution is -0.875. The number of nitrogens with two attached hydrogens (primary N) is 1. The van der Waals surface area contributed by atoms with Crippen LogP contribution in [0.4, 0.5) is 17.2 Å². The number of nitrogens with zero attached hydrogens (tertiary/aromatic N) is 3. The van der Waals surface area contributed by atoms with Gasteiger partial charge in [-0.25, -0.2) is 0 Å². The maximum atomic E-state index is 6.00. The number of aryl methyl sites for hydroxylation is 1. The second-order valence-corrected chi connectivity index (χ2v) is 4.99. The van der Waals surface area contributed by atoms with Crippen molar-refractivity contribution >= 4 is 28.0 Å². The molecule has 0 aliphatic carbocycles. The lowest BCUT2D eigenvalue weighted by Crippen LogP contribution is -2.40. The van der Waals surface area contributed by atoms with Gasteiger partial charge in [-0.1, -0.05) is 24.3 Å². The Morgan fingerprint density at radius 3 is 2.55 bits per heavy atom. The molecule has 3 aromatic rings. The van der Waals surface area contributed by atoms with Crippen molar-refractivity contribution in [2.75, 3.05) is 12.8 Å². The fourth-order valence-electron chi connectivity index (χ4n) is 2.30. The van der Waals surface area contributed by atoms with Crippen LogP contribution in [0.15, 0.2) is 65.0 Å². The highest BCUT2D eigenvalue weighted by atomic mass is 16.6. The molecule has 0 saturated carbocycles. The lowest BCUT2D eigenvalue weighted by Gasteiger charge is -2.02. The molecule has 1 heterocycles. The van der Waals surface area contributed by atoms with Gasteiger partial charge in [0, 0.05) is 22.5 Å². The highest BCUT2D eigenvalue weighted by molar-refractivity contribution is 5.99. The zero-order valence-corrected chi connectivity index (χ0v) is 12.5. The first-order valence-corrected chi connectivity index (χ1v) is 6.95. The Morgan fingerprint density at radius 1 is 1.00 bits per heavy atom. The Kier molecular flexibility index (Phi) is 3.70. The molecule has 0 bridgehead atoms. The molecule has 0 saturated heterocycles. The molecular formula is C17H17N4O+. The zero-order valence-electron chi connectivity index (χ0n) is 12.5. The molecular weight excluding hydrogens is 276 g/mol. The normalized spacial score (nSPS) is 11.2. The van der Waals surface area contributed by atoms with E-state index in [9.17, 15) is 0 Å². The van der Waals surface area contributed by atoms with Crippen molar-refractivity contribution < 1.29 is 9.57 Å². The van der Waals surface area contributed by atoms with E-state index in [2.05, 4.69) is 10.2 Å². The Hall–Kier alpha value is -2.95. The molecule has 2 aromatic carbocycles. The number of pyridine rings is 1. The quantitative estimate of drug-likeness (QED) is 0.456. The molecule has 1 aromatic heterocycles. The number of azo groups is 1. The molecule has 0 aliphatic rings. The lowest BCUT2D eigenvalue weighted by atomic mass is 10.1. The van der Waals surface area contributed by atoms with Gasteiger partial charge in [-0.3, -0.25) is 0 Å². The summed E-state index contributed by atoms with van der Waals surface area (Å²) >= 11 is 0. The predicted molar refractivity (Wildman–Crippen MR) is 86.4 cm³/mol. The third kappa shape index (κ3) is 2.61. The van der Waals surface area contributed by atoms with Crippen LogP contribution in [0.1, 0.15) is 5.56 Å². The summed E-state index contributed by atoms with van der Waals surface area (Å²) in [4.78, 5) is 5.24. The molecule has 0 atom stereocenters. The number of aromatic nitrogens is 1. The fourth-order valence-corrected chi connectivity index (χ4v) is 2.30. The topological polar surface area (TPSA) is 63.8 Å². The molecule has 22 heavy (non-hydrogen) atoms. The Bertz CT molecular complexity index is 858. The van der Waals surface area contributed by atoms with Gasteiger partial charge in [0.05, 0.1) is 5.11 Å². The van der Waals surface area contributed by atoms with E-state index in [4.69, 9.17) is 10.6 Å². The minimum absolute atomic E-state index is 0.628. The maximum Gasteiger partial charge on any atom is 0.389 e. The summed E-state index contributed by atoms with van der Waals surface area (Å²) in [5, 5.41) is 10.6. The molecule has 0 unspecified atom stereocenters. The van der Waals surface area contributed by atoms with Crippen molar-refractivity contribution in [1.82, 2.24) is 0 Å². The highest BCUT2D eigenvalue weighted by Crippen LogP contribution is 2.30. The molecule has 0 amide bonds. The minimum atomic E-state index is 0.628. The van der Waals surface area contributed by atoms with E-state index in [0.29, 0.717) is 5.82 Å². The van der Waals surface area contributed by atoms with Crippen LogP contribution in [0, 0.1) is 6.92 Å². The average molecular weight is 293 g/mol. The van der Waals surface area contributed by atoms with Crippen molar-refractivity contribution in [2.24, 2.45) is 10.2 Å². The third-order valence-corrected chi connectivity index (χ3v) is 3.45. The zero-order chi connectivity index (χ0) is 15.5. The van der Waals surface area contributed by atoms with E-state index < -0.39 is 0 Å². The molecule has 110 valence electrons. The Labute approximate surface area is 128 Å². The van der Waals surface area contributed by atoms with Crippen LogP contribution in [-0.2, 0) is 0 Å². The van der Waals surface area contributed by atoms with Crippen LogP contribution in [0.5, 0.6) is 0 Å². The van der Waals surface area contributed by atoms with Gasteiger partial charge in [0.25, 0.3) is 0 Å². The van der Waals surface area contributed by atoms with Crippen LogP contribution in [0.25, 0.3) is 10.8 Å². The van der Waals surface area contributed by atoms with Crippen LogP contribution in [0.2, 0.25) is 0 Å². The predicted octanol–water partition coefficient (Wildman–Crippen LogP) is 3.49. The minimum Gasteiger partial charge on any atom is -0.398 e. The fraction of sp³-hybridized carbons (Fsp3) is 0.118. The number of benzene rings is 2. The van der Waals surface area contributed by atoms with Crippen LogP contribution in [0.3, 0.4) is 0 Å². The number of fused-ring (bicyclic) bond motifs is 1. The van der Waals surface area contributed by atoms with E-state index in [1.807, 2.05) is 61.7 Å². The smallest absolute Gasteiger partial charge is 0.389 e. The number of nitrogen functional groups attached to an aromatic ring is 1. The van der Waals surface area contributed by atoms with Gasteiger partial charge in [0.15, 0.2) is 0 Å². The van der Waals surface area contributed by atoms with Crippen molar-refractivity contribution in [1.29, 1.82) is 0 Å². The van der Waals surface area contributed by atoms with Crippen LogP contribution in [-0.4, -0.2) is 7.11 Å². The second-order valence-electron chi connectivity index (χ2n) is 4.99. The molecule has 0 aliphatic heterocycles. The number of rotatable bonds is 3. The third-order valence-electron chi connectivity index (χ3n) is 3.45. The molecule has 5 heteroatoms. The first-order valence-electron chi connectivity index (χ1n) is 6.95. The summed E-state index contributed by atoms with van der Waals surface area (Å²) in [7, 11) is 1.59.